The number of aryl methyl sites for hydroxylation is 1. The van der Waals surface area contributed by atoms with Crippen molar-refractivity contribution in [2.45, 2.75) is 52.7 Å². The Hall–Kier alpha value is -1.84. The molecular weight excluding hydrogens is 495 g/mol. The zero-order valence-corrected chi connectivity index (χ0v) is 20.5. The number of nitrogens with zero attached hydrogens (tertiary/aromatic N) is 3. The summed E-state index contributed by atoms with van der Waals surface area (Å²) in [5.74, 6) is 1.24. The van der Waals surface area contributed by atoms with Crippen molar-refractivity contribution >= 4 is 40.1 Å². The number of piperidine rings is 1. The number of nitrogens with one attached hydrogen (secondary N) is 1. The molecule has 0 radical (unpaired) electrons. The highest BCUT2D eigenvalue weighted by molar-refractivity contribution is 14.1. The molecular formula is C22H29IN4O3. The summed E-state index contributed by atoms with van der Waals surface area (Å²) in [5, 5.41) is 3.21. The average molecular weight is 524 g/mol. The molecule has 162 valence electrons. The molecule has 2 aliphatic rings. The number of imidazole rings is 1. The molecule has 0 spiro atoms. The highest BCUT2D eigenvalue weighted by atomic mass is 127. The summed E-state index contributed by atoms with van der Waals surface area (Å²) in [7, 11) is 0. The molecule has 0 aromatic carbocycles. The second-order valence-corrected chi connectivity index (χ2v) is 11.0. The molecule has 3 atom stereocenters. The van der Waals surface area contributed by atoms with E-state index in [1.165, 1.54) is 0 Å². The van der Waals surface area contributed by atoms with Crippen molar-refractivity contribution in [1.29, 1.82) is 0 Å². The number of ether oxygens (including phenoxy) is 1. The molecule has 1 saturated heterocycles. The van der Waals surface area contributed by atoms with Crippen molar-refractivity contribution in [2.24, 2.45) is 17.8 Å². The van der Waals surface area contributed by atoms with Gasteiger partial charge in [0.25, 0.3) is 0 Å². The van der Waals surface area contributed by atoms with Gasteiger partial charge in [-0.1, -0.05) is 6.07 Å². The van der Waals surface area contributed by atoms with Crippen LogP contribution in [0.25, 0.3) is 5.52 Å². The van der Waals surface area contributed by atoms with Gasteiger partial charge < -0.3 is 19.4 Å². The molecule has 8 heteroatoms. The van der Waals surface area contributed by atoms with Gasteiger partial charge in [-0.15, -0.1) is 0 Å². The zero-order valence-electron chi connectivity index (χ0n) is 18.3. The van der Waals surface area contributed by atoms with Gasteiger partial charge in [0.05, 0.1) is 11.1 Å². The number of halogens is 1. The molecule has 4 rings (SSSR count). The van der Waals surface area contributed by atoms with E-state index in [9.17, 15) is 9.59 Å². The van der Waals surface area contributed by atoms with Gasteiger partial charge in [-0.05, 0) is 87.6 Å². The predicted octanol–water partition coefficient (Wildman–Crippen LogP) is 3.71. The van der Waals surface area contributed by atoms with Crippen LogP contribution in [0, 0.1) is 28.4 Å². The average Bonchev–Trinajstić information content (AvgIpc) is 2.95. The number of rotatable bonds is 3. The Morgan fingerprint density at radius 2 is 1.83 bits per heavy atom. The Morgan fingerprint density at radius 3 is 2.43 bits per heavy atom. The van der Waals surface area contributed by atoms with Crippen LogP contribution in [-0.4, -0.2) is 45.0 Å². The van der Waals surface area contributed by atoms with Crippen LogP contribution in [0.4, 0.5) is 4.79 Å². The highest BCUT2D eigenvalue weighted by Crippen LogP contribution is 2.52. The lowest BCUT2D eigenvalue weighted by molar-refractivity contribution is -0.125. The first-order chi connectivity index (χ1) is 13.9. The lowest BCUT2D eigenvalue weighted by atomic mass is 10.0. The summed E-state index contributed by atoms with van der Waals surface area (Å²) >= 11 is 2.25. The van der Waals surface area contributed by atoms with Crippen LogP contribution in [0.3, 0.4) is 0 Å². The first kappa shape index (κ1) is 21.4. The van der Waals surface area contributed by atoms with Crippen LogP contribution < -0.4 is 5.32 Å². The zero-order chi connectivity index (χ0) is 22.0. The number of hydrogen-bond donors (Lipinski definition) is 1. The molecule has 1 aliphatic heterocycles. The minimum absolute atomic E-state index is 0.0400. The molecule has 1 aliphatic carbocycles. The van der Waals surface area contributed by atoms with Crippen molar-refractivity contribution in [1.82, 2.24) is 19.6 Å². The third kappa shape index (κ3) is 3.78. The number of carbonyl (C=O) groups is 2. The van der Waals surface area contributed by atoms with Crippen molar-refractivity contribution < 1.29 is 14.3 Å². The molecule has 1 saturated carbocycles. The van der Waals surface area contributed by atoms with E-state index in [1.807, 2.05) is 46.9 Å². The summed E-state index contributed by atoms with van der Waals surface area (Å²) in [6.07, 6.45) is 1.70. The first-order valence-corrected chi connectivity index (χ1v) is 11.4. The molecule has 2 amide bonds. The van der Waals surface area contributed by atoms with E-state index < -0.39 is 11.1 Å². The summed E-state index contributed by atoms with van der Waals surface area (Å²) < 4.78 is 8.45. The largest absolute Gasteiger partial charge is 0.444 e. The first-order valence-electron chi connectivity index (χ1n) is 10.3. The Morgan fingerprint density at radius 1 is 1.20 bits per heavy atom. The third-order valence-corrected chi connectivity index (χ3v) is 6.72. The maximum absolute atomic E-state index is 13.0. The Kier molecular flexibility index (Phi) is 5.06. The Balaban J connectivity index is 1.43. The molecule has 0 bridgehead atoms. The second kappa shape index (κ2) is 7.10. The van der Waals surface area contributed by atoms with Gasteiger partial charge in [-0.25, -0.2) is 9.78 Å². The number of aromatic nitrogens is 2. The van der Waals surface area contributed by atoms with E-state index in [2.05, 4.69) is 45.3 Å². The minimum atomic E-state index is -0.612. The second-order valence-electron chi connectivity index (χ2n) is 9.99. The molecule has 2 aromatic heterocycles. The van der Waals surface area contributed by atoms with Crippen LogP contribution in [-0.2, 0) is 15.1 Å². The smallest absolute Gasteiger partial charge is 0.410 e. The van der Waals surface area contributed by atoms with Crippen molar-refractivity contribution in [3.8, 4) is 0 Å². The number of carbonyl (C=O) groups excluding carboxylic acids is 2. The van der Waals surface area contributed by atoms with Crippen molar-refractivity contribution in [2.75, 3.05) is 13.1 Å². The van der Waals surface area contributed by atoms with Gasteiger partial charge in [0.1, 0.15) is 15.1 Å². The maximum atomic E-state index is 13.0. The lowest BCUT2D eigenvalue weighted by Gasteiger charge is -2.27. The van der Waals surface area contributed by atoms with Crippen LogP contribution in [0.1, 0.15) is 46.0 Å². The van der Waals surface area contributed by atoms with E-state index in [1.54, 1.807) is 4.90 Å². The fourth-order valence-corrected chi connectivity index (χ4v) is 5.45. The summed E-state index contributed by atoms with van der Waals surface area (Å²) in [6, 6.07) is 4.06. The van der Waals surface area contributed by atoms with Gasteiger partial charge in [0.15, 0.2) is 0 Å². The van der Waals surface area contributed by atoms with E-state index in [4.69, 9.17) is 9.72 Å². The number of hydrogen-bond acceptors (Lipinski definition) is 4. The van der Waals surface area contributed by atoms with Crippen LogP contribution in [0.2, 0.25) is 0 Å². The van der Waals surface area contributed by atoms with Crippen LogP contribution >= 0.6 is 22.6 Å². The SMILES string of the molecule is Cc1cccn2c(C(C)(C)NC(=O)[C@H]3[C@@H]4CN(C(=O)OC(C)(C)C)C[C@@H]43)nc(I)c12. The van der Waals surface area contributed by atoms with E-state index in [0.29, 0.717) is 13.1 Å². The fourth-order valence-electron chi connectivity index (χ4n) is 4.53. The van der Waals surface area contributed by atoms with Gasteiger partial charge >= 0.3 is 6.09 Å². The van der Waals surface area contributed by atoms with E-state index in [-0.39, 0.29) is 29.8 Å². The van der Waals surface area contributed by atoms with Crippen molar-refractivity contribution in [3.05, 3.63) is 33.4 Å². The molecule has 30 heavy (non-hydrogen) atoms. The normalized spacial score (nSPS) is 23.4. The van der Waals surface area contributed by atoms with E-state index >= 15 is 0 Å². The summed E-state index contributed by atoms with van der Waals surface area (Å²) in [4.78, 5) is 31.8. The van der Waals surface area contributed by atoms with Crippen LogP contribution in [0.5, 0.6) is 0 Å². The van der Waals surface area contributed by atoms with E-state index in [0.717, 1.165) is 20.6 Å². The lowest BCUT2D eigenvalue weighted by Crippen LogP contribution is -2.45. The predicted molar refractivity (Wildman–Crippen MR) is 122 cm³/mol. The van der Waals surface area contributed by atoms with Crippen molar-refractivity contribution in [3.63, 3.8) is 0 Å². The summed E-state index contributed by atoms with van der Waals surface area (Å²) in [5.41, 5.74) is 1.11. The molecule has 1 N–H and O–H groups in total. The number of likely N-dealkylation sites (tertiary alicyclic amines) is 1. The maximum Gasteiger partial charge on any atom is 0.410 e. The number of fused-ring (bicyclic) bond motifs is 2. The summed E-state index contributed by atoms with van der Waals surface area (Å²) in [6.45, 7) is 12.8. The minimum Gasteiger partial charge on any atom is -0.444 e. The third-order valence-electron chi connectivity index (χ3n) is 5.97. The monoisotopic (exact) mass is 524 g/mol. The quantitative estimate of drug-likeness (QED) is 0.622. The van der Waals surface area contributed by atoms with Gasteiger partial charge in [-0.3, -0.25) is 4.79 Å². The van der Waals surface area contributed by atoms with Gasteiger partial charge in [-0.2, -0.15) is 0 Å². The topological polar surface area (TPSA) is 75.9 Å². The molecule has 2 aromatic rings. The Labute approximate surface area is 190 Å². The van der Waals surface area contributed by atoms with Gasteiger partial charge in [0, 0.05) is 25.2 Å². The Bertz CT molecular complexity index is 1010. The molecule has 7 nitrogen and oxygen atoms in total. The standard InChI is InChI=1S/C22H29IN4O3/c1-12-8-7-9-27-16(12)17(23)24-19(27)22(5,6)25-18(28)15-13-10-26(11-14(13)15)20(29)30-21(2,3)4/h7-9,13-15H,10-11H2,1-6H3,(H,25,28)/t13-,14+,15+. The van der Waals surface area contributed by atoms with Gasteiger partial charge in [0.2, 0.25) is 5.91 Å². The molecule has 2 fully saturated rings. The number of pyridine rings is 1. The molecule has 3 heterocycles. The van der Waals surface area contributed by atoms with Crippen LogP contribution in [0.15, 0.2) is 18.3 Å². The molecule has 0 unspecified atom stereocenters. The highest BCUT2D eigenvalue weighted by Gasteiger charge is 2.61. The number of amides is 2. The fraction of sp³-hybridized carbons (Fsp3) is 0.591.